The molecule has 0 saturated carbocycles. The first-order valence-corrected chi connectivity index (χ1v) is 0. The quantitative estimate of drug-likeness (QED) is 0.360. The van der Waals surface area contributed by atoms with Gasteiger partial charge in [-0.2, -0.15) is 0 Å². The largest absolute Gasteiger partial charge is 0 e. The molecule has 0 amide bonds. The summed E-state index contributed by atoms with van der Waals surface area (Å²) in [5.41, 5.74) is 0. The molecule has 0 aliphatic carbocycles. The first-order chi connectivity index (χ1) is 0. The molecule has 7 radical (unpaired) electrons. The van der Waals surface area contributed by atoms with Crippen LogP contribution in [0.4, 0.5) is 0 Å². The number of hydrogen-bond acceptors (Lipinski definition) is 0. The van der Waals surface area contributed by atoms with Gasteiger partial charge < -0.3 is 0 Å². The van der Waals surface area contributed by atoms with Crippen molar-refractivity contribution in [3.63, 3.8) is 0 Å². The molecule has 4 heavy (non-hydrogen) atoms. The van der Waals surface area contributed by atoms with E-state index in [4.69, 9.17) is 0 Å². The molecule has 9 valence electrons. The topological polar surface area (TPSA) is 0 Å². The first kappa shape index (κ1) is 34.4. The molecule has 0 aliphatic rings. The molecule has 0 rings (SSSR count). The third-order valence-electron chi connectivity index (χ3n) is 0. The summed E-state index contributed by atoms with van der Waals surface area (Å²) in [6.45, 7) is 0. The zero-order valence-electron chi connectivity index (χ0n) is 2.86. The molecule has 0 fully saturated rings. The van der Waals surface area contributed by atoms with E-state index in [1.165, 1.54) is 0 Å². The SMILES string of the molecule is [Al].[B].[Na].[Zn]. The monoisotopic (exact) mass is 125 g/mol. The molecule has 0 aromatic carbocycles. The van der Waals surface area contributed by atoms with Gasteiger partial charge in [-0.05, 0) is 0 Å². The Morgan fingerprint density at radius 2 is 1.00 bits per heavy atom. The molecular formula is AlBNaZn. The molecular weight excluding hydrogens is 126 g/mol. The third-order valence-corrected chi connectivity index (χ3v) is 0. The van der Waals surface area contributed by atoms with Crippen LogP contribution >= 0.6 is 0 Å². The maximum absolute atomic E-state index is 0. The second kappa shape index (κ2) is 18.9. The standard InChI is InChI=1S/Al.B.Na.Zn. The van der Waals surface area contributed by atoms with Crippen LogP contribution < -0.4 is 0 Å². The first-order valence-electron chi connectivity index (χ1n) is 0. The smallest absolute Gasteiger partial charge is 0 e. The molecule has 0 heterocycles. The van der Waals surface area contributed by atoms with Crippen molar-refractivity contribution in [2.24, 2.45) is 0 Å². The minimum absolute atomic E-state index is 0. The van der Waals surface area contributed by atoms with E-state index in [2.05, 4.69) is 0 Å². The van der Waals surface area contributed by atoms with Crippen LogP contribution in [-0.2, 0) is 19.5 Å². The van der Waals surface area contributed by atoms with Crippen LogP contribution in [0.3, 0.4) is 0 Å². The maximum atomic E-state index is 0. The van der Waals surface area contributed by atoms with Gasteiger partial charge in [-0.3, -0.25) is 0 Å². The number of hydrogen-bond donors (Lipinski definition) is 0. The summed E-state index contributed by atoms with van der Waals surface area (Å²) in [6, 6.07) is 0. The van der Waals surface area contributed by atoms with Crippen molar-refractivity contribution in [3.05, 3.63) is 0 Å². The van der Waals surface area contributed by atoms with E-state index in [9.17, 15) is 0 Å². The van der Waals surface area contributed by atoms with Crippen LogP contribution in [0.1, 0.15) is 0 Å². The Balaban J connectivity index is 0. The normalized spacial score (nSPS) is 0. The molecule has 0 aliphatic heterocycles. The fraction of sp³-hybridized carbons (Fsp3) is 0. The molecule has 0 aromatic rings. The Morgan fingerprint density at radius 1 is 1.00 bits per heavy atom. The summed E-state index contributed by atoms with van der Waals surface area (Å²) in [6.07, 6.45) is 0. The van der Waals surface area contributed by atoms with Crippen LogP contribution in [0.5, 0.6) is 0 Å². The Kier molecular flexibility index (Phi) is 162. The van der Waals surface area contributed by atoms with Crippen LogP contribution in [0.15, 0.2) is 0 Å². The summed E-state index contributed by atoms with van der Waals surface area (Å²) in [5, 5.41) is 0. The summed E-state index contributed by atoms with van der Waals surface area (Å²) in [5.74, 6) is 0. The van der Waals surface area contributed by atoms with Crippen LogP contribution in [-0.4, -0.2) is 55.3 Å². The van der Waals surface area contributed by atoms with Gasteiger partial charge in [0, 0.05) is 74.8 Å². The zero-order chi connectivity index (χ0) is 0. The van der Waals surface area contributed by atoms with Gasteiger partial charge in [0.05, 0.1) is 0 Å². The van der Waals surface area contributed by atoms with E-state index in [1.54, 1.807) is 0 Å². The van der Waals surface area contributed by atoms with Gasteiger partial charge in [0.25, 0.3) is 0 Å². The van der Waals surface area contributed by atoms with Crippen molar-refractivity contribution in [2.75, 3.05) is 0 Å². The van der Waals surface area contributed by atoms with Crippen molar-refractivity contribution >= 4 is 55.3 Å². The van der Waals surface area contributed by atoms with Crippen LogP contribution in [0, 0.1) is 0 Å². The average Bonchev–Trinajstić information content (AvgIpc) is 0. The maximum Gasteiger partial charge on any atom is 0 e. The summed E-state index contributed by atoms with van der Waals surface area (Å²) in [7, 11) is 0. The van der Waals surface area contributed by atoms with Gasteiger partial charge >= 0.3 is 0 Å². The Labute approximate surface area is 73.9 Å². The fourth-order valence-corrected chi connectivity index (χ4v) is 0. The van der Waals surface area contributed by atoms with Gasteiger partial charge in [-0.1, -0.05) is 0 Å². The van der Waals surface area contributed by atoms with Gasteiger partial charge in [-0.25, -0.2) is 0 Å². The third kappa shape index (κ3) is 8.88. The minimum atomic E-state index is 0. The van der Waals surface area contributed by atoms with Crippen molar-refractivity contribution in [3.8, 4) is 0 Å². The second-order valence-corrected chi connectivity index (χ2v) is 0. The predicted octanol–water partition coefficient (Wildman–Crippen LogP) is -1.14. The Bertz CT molecular complexity index is 8.00. The van der Waals surface area contributed by atoms with Gasteiger partial charge in [0.1, 0.15) is 0 Å². The van der Waals surface area contributed by atoms with Gasteiger partial charge in [-0.15, -0.1) is 0 Å². The van der Waals surface area contributed by atoms with Crippen molar-refractivity contribution in [2.45, 2.75) is 0 Å². The fourth-order valence-electron chi connectivity index (χ4n) is 0. The molecule has 0 atom stereocenters. The van der Waals surface area contributed by atoms with E-state index in [1.807, 2.05) is 0 Å². The summed E-state index contributed by atoms with van der Waals surface area (Å²) >= 11 is 0. The molecule has 0 unspecified atom stereocenters. The average molecular weight is 126 g/mol. The van der Waals surface area contributed by atoms with Gasteiger partial charge in [0.15, 0.2) is 0 Å². The molecule has 0 aromatic heterocycles. The van der Waals surface area contributed by atoms with E-state index in [0.29, 0.717) is 0 Å². The van der Waals surface area contributed by atoms with Crippen molar-refractivity contribution < 1.29 is 19.5 Å². The Morgan fingerprint density at radius 3 is 1.00 bits per heavy atom. The molecule has 0 saturated heterocycles. The van der Waals surface area contributed by atoms with Crippen molar-refractivity contribution in [1.82, 2.24) is 0 Å². The summed E-state index contributed by atoms with van der Waals surface area (Å²) < 4.78 is 0. The second-order valence-electron chi connectivity index (χ2n) is 0. The Hall–Kier alpha value is 2.22. The van der Waals surface area contributed by atoms with Gasteiger partial charge in [0.2, 0.25) is 0 Å². The van der Waals surface area contributed by atoms with Crippen LogP contribution in [0.25, 0.3) is 0 Å². The molecule has 0 N–H and O–H groups in total. The van der Waals surface area contributed by atoms with Crippen molar-refractivity contribution in [1.29, 1.82) is 0 Å². The van der Waals surface area contributed by atoms with Crippen LogP contribution in [0.2, 0.25) is 0 Å². The molecule has 4 heteroatoms. The van der Waals surface area contributed by atoms with E-state index < -0.39 is 0 Å². The van der Waals surface area contributed by atoms with E-state index in [0.717, 1.165) is 0 Å². The minimum Gasteiger partial charge on any atom is 0 e. The molecule has 0 nitrogen and oxygen atoms in total. The zero-order valence-corrected chi connectivity index (χ0v) is 8.98. The molecule has 0 bridgehead atoms. The summed E-state index contributed by atoms with van der Waals surface area (Å²) in [4.78, 5) is 0. The van der Waals surface area contributed by atoms with E-state index >= 15 is 0 Å². The predicted molar refractivity (Wildman–Crippen MR) is 17.3 cm³/mol. The van der Waals surface area contributed by atoms with E-state index in [-0.39, 0.29) is 74.8 Å². The molecule has 0 spiro atoms. The number of rotatable bonds is 0.